The smallest absolute Gasteiger partial charge is 0.310 e. The minimum atomic E-state index is -0.936. The van der Waals surface area contributed by atoms with Gasteiger partial charge in [0.2, 0.25) is 0 Å². The van der Waals surface area contributed by atoms with Crippen LogP contribution in [0.25, 0.3) is 0 Å². The van der Waals surface area contributed by atoms with Gasteiger partial charge in [0.05, 0.1) is 11.5 Å². The van der Waals surface area contributed by atoms with Crippen molar-refractivity contribution in [1.82, 2.24) is 4.90 Å². The van der Waals surface area contributed by atoms with Crippen molar-refractivity contribution < 1.29 is 24.9 Å². The number of aromatic hydroxyl groups is 2. The Bertz CT molecular complexity index is 479. The van der Waals surface area contributed by atoms with Gasteiger partial charge in [-0.3, -0.25) is 9.59 Å². The van der Waals surface area contributed by atoms with E-state index < -0.39 is 23.5 Å². The van der Waals surface area contributed by atoms with E-state index in [2.05, 4.69) is 0 Å². The van der Waals surface area contributed by atoms with Crippen LogP contribution in [0, 0.1) is 5.92 Å². The minimum absolute atomic E-state index is 0.0196. The number of carboxylic acid groups (broad SMARTS) is 1. The highest BCUT2D eigenvalue weighted by atomic mass is 16.4. The molecule has 1 aliphatic rings. The Morgan fingerprint density at radius 1 is 1.24 bits per heavy atom. The molecule has 6 heteroatoms. The zero-order chi connectivity index (χ0) is 12.6. The number of nitrogens with zero attached hydrogens (tertiary/aromatic N) is 1. The van der Waals surface area contributed by atoms with Crippen LogP contribution in [-0.2, 0) is 4.79 Å². The van der Waals surface area contributed by atoms with Crippen LogP contribution in [0.2, 0.25) is 0 Å². The fraction of sp³-hybridized carbons (Fsp3) is 0.273. The van der Waals surface area contributed by atoms with E-state index in [9.17, 15) is 19.8 Å². The molecule has 0 saturated carbocycles. The van der Waals surface area contributed by atoms with Crippen molar-refractivity contribution in [2.75, 3.05) is 13.1 Å². The molecule has 0 bridgehead atoms. The number of rotatable bonds is 2. The third kappa shape index (κ3) is 1.89. The average Bonchev–Trinajstić information content (AvgIpc) is 2.19. The van der Waals surface area contributed by atoms with Crippen molar-refractivity contribution in [3.8, 4) is 11.5 Å². The quantitative estimate of drug-likeness (QED) is 0.641. The normalized spacial score (nSPS) is 15.4. The number of aliphatic carboxylic acids is 1. The predicted octanol–water partition coefficient (Wildman–Crippen LogP) is 0.254. The molecule has 3 N–H and O–H groups in total. The van der Waals surface area contributed by atoms with Gasteiger partial charge in [0, 0.05) is 13.1 Å². The van der Waals surface area contributed by atoms with Gasteiger partial charge in [0.25, 0.3) is 5.91 Å². The summed E-state index contributed by atoms with van der Waals surface area (Å²) in [7, 11) is 0. The Morgan fingerprint density at radius 2 is 1.88 bits per heavy atom. The second kappa shape index (κ2) is 3.97. The SMILES string of the molecule is O=C(O)C1CN(C(=O)c2cccc(O)c2O)C1. The Balaban J connectivity index is 2.12. The molecule has 1 aromatic carbocycles. The standard InChI is InChI=1S/C11H11NO5/c13-8-3-1-2-7(9(8)14)10(15)12-4-6(5-12)11(16)17/h1-3,6,13-14H,4-5H2,(H,16,17). The second-order valence-electron chi connectivity index (χ2n) is 3.92. The molecule has 0 unspecified atom stereocenters. The lowest BCUT2D eigenvalue weighted by Gasteiger charge is -2.36. The van der Waals surface area contributed by atoms with Crippen molar-refractivity contribution in [3.63, 3.8) is 0 Å². The molecule has 0 aromatic heterocycles. The molecule has 17 heavy (non-hydrogen) atoms. The monoisotopic (exact) mass is 237 g/mol. The summed E-state index contributed by atoms with van der Waals surface area (Å²) in [6.07, 6.45) is 0. The van der Waals surface area contributed by atoms with E-state index in [4.69, 9.17) is 5.11 Å². The Hall–Kier alpha value is -2.24. The highest BCUT2D eigenvalue weighted by Crippen LogP contribution is 2.30. The van der Waals surface area contributed by atoms with Gasteiger partial charge < -0.3 is 20.2 Å². The number of phenols is 2. The molecule has 1 saturated heterocycles. The number of amides is 1. The molecule has 1 heterocycles. The molecule has 0 spiro atoms. The summed E-state index contributed by atoms with van der Waals surface area (Å²) in [4.78, 5) is 23.7. The second-order valence-corrected chi connectivity index (χ2v) is 3.92. The first-order chi connectivity index (χ1) is 8.00. The number of carboxylic acids is 1. The van der Waals surface area contributed by atoms with E-state index in [0.29, 0.717) is 0 Å². The zero-order valence-electron chi connectivity index (χ0n) is 8.83. The van der Waals surface area contributed by atoms with Crippen LogP contribution in [-0.4, -0.2) is 45.2 Å². The first-order valence-corrected chi connectivity index (χ1v) is 5.03. The number of phenolic OH excluding ortho intramolecular Hbond substituents is 2. The number of para-hydroxylation sites is 1. The number of hydrogen-bond donors (Lipinski definition) is 3. The van der Waals surface area contributed by atoms with Gasteiger partial charge in [-0.1, -0.05) is 6.07 Å². The third-order valence-corrected chi connectivity index (χ3v) is 2.76. The van der Waals surface area contributed by atoms with E-state index in [1.165, 1.54) is 23.1 Å². The van der Waals surface area contributed by atoms with Crippen LogP contribution >= 0.6 is 0 Å². The van der Waals surface area contributed by atoms with Crippen LogP contribution in [0.1, 0.15) is 10.4 Å². The number of carbonyl (C=O) groups is 2. The van der Waals surface area contributed by atoms with Crippen LogP contribution in [0.5, 0.6) is 11.5 Å². The number of benzene rings is 1. The first-order valence-electron chi connectivity index (χ1n) is 5.03. The Labute approximate surface area is 96.7 Å². The third-order valence-electron chi connectivity index (χ3n) is 2.76. The van der Waals surface area contributed by atoms with Crippen LogP contribution in [0.15, 0.2) is 18.2 Å². The summed E-state index contributed by atoms with van der Waals surface area (Å²) in [6, 6.07) is 4.09. The number of likely N-dealkylation sites (tertiary alicyclic amines) is 1. The van der Waals surface area contributed by atoms with Gasteiger partial charge in [-0.25, -0.2) is 0 Å². The fourth-order valence-corrected chi connectivity index (χ4v) is 1.67. The average molecular weight is 237 g/mol. The summed E-state index contributed by atoms with van der Waals surface area (Å²) in [5, 5.41) is 27.4. The lowest BCUT2D eigenvalue weighted by molar-refractivity contribution is -0.146. The molecule has 2 rings (SSSR count). The van der Waals surface area contributed by atoms with E-state index in [1.54, 1.807) is 0 Å². The summed E-state index contributed by atoms with van der Waals surface area (Å²) in [6.45, 7) is 0.256. The maximum Gasteiger partial charge on any atom is 0.310 e. The summed E-state index contributed by atoms with van der Waals surface area (Å²) in [5.41, 5.74) is -0.0196. The largest absolute Gasteiger partial charge is 0.504 e. The highest BCUT2D eigenvalue weighted by molar-refractivity contribution is 5.98. The summed E-state index contributed by atoms with van der Waals surface area (Å²) < 4.78 is 0. The molecule has 0 atom stereocenters. The topological polar surface area (TPSA) is 98.1 Å². The van der Waals surface area contributed by atoms with Gasteiger partial charge in [-0.2, -0.15) is 0 Å². The van der Waals surface area contributed by atoms with Gasteiger partial charge in [-0.05, 0) is 12.1 Å². The summed E-state index contributed by atoms with van der Waals surface area (Å²) >= 11 is 0. The summed E-state index contributed by atoms with van der Waals surface area (Å²) in [5.74, 6) is -2.80. The Kier molecular flexibility index (Phi) is 2.63. The Morgan fingerprint density at radius 3 is 2.47 bits per heavy atom. The van der Waals surface area contributed by atoms with Gasteiger partial charge in [-0.15, -0.1) is 0 Å². The van der Waals surface area contributed by atoms with Crippen molar-refractivity contribution in [2.24, 2.45) is 5.92 Å². The van der Waals surface area contributed by atoms with Crippen LogP contribution in [0.4, 0.5) is 0 Å². The molecule has 90 valence electrons. The van der Waals surface area contributed by atoms with E-state index in [0.717, 1.165) is 0 Å². The van der Waals surface area contributed by atoms with Crippen molar-refractivity contribution in [1.29, 1.82) is 0 Å². The van der Waals surface area contributed by atoms with Crippen LogP contribution in [0.3, 0.4) is 0 Å². The molecule has 1 amide bonds. The maximum atomic E-state index is 11.8. The maximum absolute atomic E-state index is 11.8. The lowest BCUT2D eigenvalue weighted by Crippen LogP contribution is -2.53. The van der Waals surface area contributed by atoms with Crippen molar-refractivity contribution >= 4 is 11.9 Å². The van der Waals surface area contributed by atoms with Crippen molar-refractivity contribution in [2.45, 2.75) is 0 Å². The molecule has 1 aliphatic heterocycles. The molecule has 0 aliphatic carbocycles. The van der Waals surface area contributed by atoms with E-state index in [1.807, 2.05) is 0 Å². The molecule has 0 radical (unpaired) electrons. The number of carbonyl (C=O) groups excluding carboxylic acids is 1. The van der Waals surface area contributed by atoms with E-state index in [-0.39, 0.29) is 24.4 Å². The van der Waals surface area contributed by atoms with Gasteiger partial charge in [0.15, 0.2) is 11.5 Å². The molecular weight excluding hydrogens is 226 g/mol. The molecular formula is C11H11NO5. The first kappa shape index (κ1) is 11.3. The van der Waals surface area contributed by atoms with Gasteiger partial charge in [0.1, 0.15) is 0 Å². The number of hydrogen-bond acceptors (Lipinski definition) is 4. The lowest BCUT2D eigenvalue weighted by atomic mass is 9.99. The molecule has 6 nitrogen and oxygen atoms in total. The fourth-order valence-electron chi connectivity index (χ4n) is 1.67. The molecule has 1 aromatic rings. The highest BCUT2D eigenvalue weighted by Gasteiger charge is 2.36. The minimum Gasteiger partial charge on any atom is -0.504 e. The van der Waals surface area contributed by atoms with E-state index >= 15 is 0 Å². The zero-order valence-corrected chi connectivity index (χ0v) is 8.83. The van der Waals surface area contributed by atoms with Crippen LogP contribution < -0.4 is 0 Å². The van der Waals surface area contributed by atoms with Crippen molar-refractivity contribution in [3.05, 3.63) is 23.8 Å². The predicted molar refractivity (Wildman–Crippen MR) is 56.8 cm³/mol. The molecule has 1 fully saturated rings. The van der Waals surface area contributed by atoms with Gasteiger partial charge >= 0.3 is 5.97 Å².